The van der Waals surface area contributed by atoms with Gasteiger partial charge in [0.15, 0.2) is 11.5 Å². The number of esters is 1. The van der Waals surface area contributed by atoms with Crippen LogP contribution < -0.4 is 9.47 Å². The van der Waals surface area contributed by atoms with E-state index in [-0.39, 0.29) is 29.1 Å². The van der Waals surface area contributed by atoms with Gasteiger partial charge in [0.25, 0.3) is 0 Å². The number of benzene rings is 1. The molecular weight excluding hydrogens is 374 g/mol. The van der Waals surface area contributed by atoms with E-state index in [1.807, 2.05) is 0 Å². The fourth-order valence-electron chi connectivity index (χ4n) is 4.12. The lowest BCUT2D eigenvalue weighted by Crippen LogP contribution is -2.39. The highest BCUT2D eigenvalue weighted by molar-refractivity contribution is 6.11. The number of hydrogen-bond acceptors (Lipinski definition) is 7. The zero-order chi connectivity index (χ0) is 21.3. The predicted molar refractivity (Wildman–Crippen MR) is 108 cm³/mol. The van der Waals surface area contributed by atoms with Gasteiger partial charge in [-0.15, -0.1) is 0 Å². The number of nitrogens with zero attached hydrogens (tertiary/aromatic N) is 1. The van der Waals surface area contributed by atoms with Crippen LogP contribution in [-0.4, -0.2) is 42.9 Å². The van der Waals surface area contributed by atoms with Gasteiger partial charge in [-0.3, -0.25) is 9.79 Å². The van der Waals surface area contributed by atoms with Gasteiger partial charge in [0.05, 0.1) is 31.8 Å². The zero-order valence-corrected chi connectivity index (χ0v) is 17.4. The Balaban J connectivity index is 2.22. The summed E-state index contributed by atoms with van der Waals surface area (Å²) in [5, 5.41) is 10.3. The van der Waals surface area contributed by atoms with E-state index in [0.29, 0.717) is 29.7 Å². The van der Waals surface area contributed by atoms with E-state index in [0.717, 1.165) is 12.1 Å². The second kappa shape index (κ2) is 8.27. The SMILES string of the molecule is COc1cc([C@@H]2C(C(=O)OC(C)C)=C(C)N=C3CCCC(=O)[C@H]32)cc(OC)c1O. The summed E-state index contributed by atoms with van der Waals surface area (Å²) in [4.78, 5) is 30.5. The van der Waals surface area contributed by atoms with Crippen molar-refractivity contribution < 1.29 is 28.9 Å². The second-order valence-electron chi connectivity index (χ2n) is 7.61. The molecule has 1 aliphatic heterocycles. The average Bonchev–Trinajstić information content (AvgIpc) is 2.66. The maximum atomic E-state index is 13.0. The molecule has 29 heavy (non-hydrogen) atoms. The summed E-state index contributed by atoms with van der Waals surface area (Å²) in [6.07, 6.45) is 1.60. The van der Waals surface area contributed by atoms with Crippen molar-refractivity contribution in [2.75, 3.05) is 14.2 Å². The summed E-state index contributed by atoms with van der Waals surface area (Å²) in [6, 6.07) is 3.28. The lowest BCUT2D eigenvalue weighted by atomic mass is 9.69. The fourth-order valence-corrected chi connectivity index (χ4v) is 4.12. The van der Waals surface area contributed by atoms with E-state index in [1.54, 1.807) is 32.9 Å². The van der Waals surface area contributed by atoms with Gasteiger partial charge in [0.1, 0.15) is 5.78 Å². The number of phenols is 1. The van der Waals surface area contributed by atoms with Gasteiger partial charge in [-0.1, -0.05) is 0 Å². The summed E-state index contributed by atoms with van der Waals surface area (Å²) in [5.74, 6) is -1.28. The first-order chi connectivity index (χ1) is 13.8. The van der Waals surface area contributed by atoms with Crippen LogP contribution in [0.4, 0.5) is 0 Å². The third-order valence-corrected chi connectivity index (χ3v) is 5.33. The number of phenolic OH excluding ortho intramolecular Hbond substituents is 1. The Kier molecular flexibility index (Phi) is 5.96. The number of aliphatic imine (C=N–C) groups is 1. The minimum atomic E-state index is -0.579. The number of ketones is 1. The van der Waals surface area contributed by atoms with Crippen molar-refractivity contribution >= 4 is 17.5 Å². The molecule has 7 nitrogen and oxygen atoms in total. The number of carbonyl (C=O) groups is 2. The minimum Gasteiger partial charge on any atom is -0.502 e. The van der Waals surface area contributed by atoms with Crippen molar-refractivity contribution in [3.63, 3.8) is 0 Å². The van der Waals surface area contributed by atoms with Crippen LogP contribution in [0, 0.1) is 5.92 Å². The van der Waals surface area contributed by atoms with Gasteiger partial charge in [0.2, 0.25) is 5.75 Å². The monoisotopic (exact) mass is 401 g/mol. The maximum absolute atomic E-state index is 13.0. The van der Waals surface area contributed by atoms with Crippen molar-refractivity contribution in [3.8, 4) is 17.2 Å². The molecule has 0 spiro atoms. The van der Waals surface area contributed by atoms with Crippen LogP contribution in [0.15, 0.2) is 28.4 Å². The topological polar surface area (TPSA) is 94.4 Å². The predicted octanol–water partition coefficient (Wildman–Crippen LogP) is 3.54. The van der Waals surface area contributed by atoms with Crippen molar-refractivity contribution in [2.45, 2.75) is 52.1 Å². The molecule has 3 rings (SSSR count). The highest BCUT2D eigenvalue weighted by atomic mass is 16.5. The first-order valence-electron chi connectivity index (χ1n) is 9.75. The van der Waals surface area contributed by atoms with Gasteiger partial charge >= 0.3 is 5.97 Å². The number of Topliss-reactive ketones (excluding diaryl/α,β-unsaturated/α-hetero) is 1. The first-order valence-corrected chi connectivity index (χ1v) is 9.75. The number of carbonyl (C=O) groups excluding carboxylic acids is 2. The van der Waals surface area contributed by atoms with Crippen LogP contribution in [0.1, 0.15) is 51.5 Å². The molecule has 0 unspecified atom stereocenters. The molecule has 1 aliphatic carbocycles. The smallest absolute Gasteiger partial charge is 0.336 e. The third kappa shape index (κ3) is 3.86. The molecule has 2 atom stereocenters. The summed E-state index contributed by atoms with van der Waals surface area (Å²) in [6.45, 7) is 5.32. The van der Waals surface area contributed by atoms with Gasteiger partial charge in [-0.25, -0.2) is 4.79 Å². The van der Waals surface area contributed by atoms with Gasteiger partial charge in [-0.05, 0) is 51.3 Å². The largest absolute Gasteiger partial charge is 0.502 e. The van der Waals surface area contributed by atoms with E-state index >= 15 is 0 Å². The Labute approximate surface area is 170 Å². The van der Waals surface area contributed by atoms with Crippen LogP contribution >= 0.6 is 0 Å². The van der Waals surface area contributed by atoms with Crippen molar-refractivity contribution in [1.82, 2.24) is 0 Å². The standard InChI is InChI=1S/C22H27NO6/c1-11(2)29-22(26)18-12(3)23-14-7-6-8-15(24)20(14)19(18)13-9-16(27-4)21(25)17(10-13)28-5/h9-11,19-20,25H,6-8H2,1-5H3/t19-,20+/m1/s1. The van der Waals surface area contributed by atoms with Crippen LogP contribution in [0.25, 0.3) is 0 Å². The molecule has 1 heterocycles. The first kappa shape index (κ1) is 20.9. The lowest BCUT2D eigenvalue weighted by molar-refractivity contribution is -0.143. The van der Waals surface area contributed by atoms with Crippen molar-refractivity contribution in [3.05, 3.63) is 29.0 Å². The molecule has 1 saturated carbocycles. The number of ether oxygens (including phenoxy) is 3. The van der Waals surface area contributed by atoms with Gasteiger partial charge < -0.3 is 19.3 Å². The molecule has 0 radical (unpaired) electrons. The van der Waals surface area contributed by atoms with E-state index in [4.69, 9.17) is 14.2 Å². The van der Waals surface area contributed by atoms with Gasteiger partial charge in [-0.2, -0.15) is 0 Å². The highest BCUT2D eigenvalue weighted by Gasteiger charge is 2.44. The molecule has 0 saturated heterocycles. The number of rotatable bonds is 5. The Morgan fingerprint density at radius 3 is 2.31 bits per heavy atom. The normalized spacial score (nSPS) is 21.6. The Morgan fingerprint density at radius 1 is 1.14 bits per heavy atom. The Bertz CT molecular complexity index is 874. The summed E-state index contributed by atoms with van der Waals surface area (Å²) < 4.78 is 16.1. The molecular formula is C22H27NO6. The second-order valence-corrected chi connectivity index (χ2v) is 7.61. The molecule has 2 aliphatic rings. The number of methoxy groups -OCH3 is 2. The Hall–Kier alpha value is -2.83. The molecule has 1 N–H and O–H groups in total. The molecule has 156 valence electrons. The van der Waals surface area contributed by atoms with E-state index < -0.39 is 17.8 Å². The lowest BCUT2D eigenvalue weighted by Gasteiger charge is -2.36. The number of aromatic hydroxyl groups is 1. The van der Waals surface area contributed by atoms with E-state index in [1.165, 1.54) is 14.2 Å². The highest BCUT2D eigenvalue weighted by Crippen LogP contribution is 2.47. The van der Waals surface area contributed by atoms with E-state index in [2.05, 4.69) is 4.99 Å². The fraction of sp³-hybridized carbons (Fsp3) is 0.500. The summed E-state index contributed by atoms with van der Waals surface area (Å²) >= 11 is 0. The summed E-state index contributed by atoms with van der Waals surface area (Å²) in [5.41, 5.74) is 2.33. The molecule has 1 aromatic carbocycles. The van der Waals surface area contributed by atoms with Crippen LogP contribution in [0.5, 0.6) is 17.2 Å². The maximum Gasteiger partial charge on any atom is 0.336 e. The van der Waals surface area contributed by atoms with Crippen LogP contribution in [0.3, 0.4) is 0 Å². The number of fused-ring (bicyclic) bond motifs is 1. The van der Waals surface area contributed by atoms with Crippen molar-refractivity contribution in [2.24, 2.45) is 10.9 Å². The average molecular weight is 401 g/mol. The van der Waals surface area contributed by atoms with Gasteiger partial charge in [0, 0.05) is 23.7 Å². The van der Waals surface area contributed by atoms with Crippen LogP contribution in [0.2, 0.25) is 0 Å². The molecule has 0 amide bonds. The molecule has 1 fully saturated rings. The molecule has 0 bridgehead atoms. The zero-order valence-electron chi connectivity index (χ0n) is 17.4. The minimum absolute atomic E-state index is 0.0494. The summed E-state index contributed by atoms with van der Waals surface area (Å²) in [7, 11) is 2.87. The van der Waals surface area contributed by atoms with Crippen molar-refractivity contribution in [1.29, 1.82) is 0 Å². The number of hydrogen-bond donors (Lipinski definition) is 1. The molecule has 0 aromatic heterocycles. The third-order valence-electron chi connectivity index (χ3n) is 5.33. The molecule has 7 heteroatoms. The Morgan fingerprint density at radius 2 is 1.76 bits per heavy atom. The van der Waals surface area contributed by atoms with E-state index in [9.17, 15) is 14.7 Å². The quantitative estimate of drug-likeness (QED) is 0.759. The molecule has 1 aromatic rings. The van der Waals surface area contributed by atoms with Crippen LogP contribution in [-0.2, 0) is 14.3 Å². The number of allylic oxidation sites excluding steroid dienone is 1.